The van der Waals surface area contributed by atoms with Crippen LogP contribution in [0.5, 0.6) is 0 Å². The molecular weight excluding hydrogens is 399 g/mol. The molecule has 0 aliphatic carbocycles. The Morgan fingerprint density at radius 2 is 2.00 bits per heavy atom. The summed E-state index contributed by atoms with van der Waals surface area (Å²) in [4.78, 5) is 17.7. The van der Waals surface area contributed by atoms with Gasteiger partial charge < -0.3 is 5.32 Å². The standard InChI is InChI=1S/C18H21Cl3N2OS/c1-18(2,3)16-14(9-11-6-7-12(20)10-13(11)21)25-17(23-16)22-15(24)5-4-8-19/h6-7,10H,4-5,8-9H2,1-3H3,(H,22,23,24). The van der Waals surface area contributed by atoms with Crippen molar-refractivity contribution in [2.24, 2.45) is 0 Å². The summed E-state index contributed by atoms with van der Waals surface area (Å²) in [5, 5.41) is 4.74. The van der Waals surface area contributed by atoms with Crippen LogP contribution in [0.25, 0.3) is 0 Å². The summed E-state index contributed by atoms with van der Waals surface area (Å²) in [6, 6.07) is 5.50. The number of aromatic nitrogens is 1. The second kappa shape index (κ2) is 8.72. The normalized spacial score (nSPS) is 11.6. The second-order valence-electron chi connectivity index (χ2n) is 6.79. The zero-order valence-corrected chi connectivity index (χ0v) is 17.5. The summed E-state index contributed by atoms with van der Waals surface area (Å²) in [7, 11) is 0. The first-order valence-electron chi connectivity index (χ1n) is 8.00. The molecule has 1 N–H and O–H groups in total. The fourth-order valence-electron chi connectivity index (χ4n) is 2.36. The number of nitrogens with one attached hydrogen (secondary N) is 1. The minimum atomic E-state index is -0.135. The number of hydrogen-bond acceptors (Lipinski definition) is 3. The number of alkyl halides is 1. The molecule has 3 nitrogen and oxygen atoms in total. The van der Waals surface area contributed by atoms with Crippen LogP contribution in [0.15, 0.2) is 18.2 Å². The Kier molecular flexibility index (Phi) is 7.15. The van der Waals surface area contributed by atoms with E-state index in [4.69, 9.17) is 34.8 Å². The summed E-state index contributed by atoms with van der Waals surface area (Å²) in [5.74, 6) is 0.407. The third-order valence-corrected chi connectivity index (χ3v) is 5.38. The molecule has 0 saturated heterocycles. The molecule has 0 unspecified atom stereocenters. The first-order chi connectivity index (χ1) is 11.7. The molecule has 0 atom stereocenters. The van der Waals surface area contributed by atoms with Gasteiger partial charge >= 0.3 is 0 Å². The van der Waals surface area contributed by atoms with Crippen molar-refractivity contribution >= 4 is 57.2 Å². The maximum absolute atomic E-state index is 12.0. The van der Waals surface area contributed by atoms with Gasteiger partial charge in [-0.2, -0.15) is 0 Å². The lowest BCUT2D eigenvalue weighted by Gasteiger charge is -2.17. The maximum atomic E-state index is 12.0. The number of halogens is 3. The van der Waals surface area contributed by atoms with E-state index in [1.807, 2.05) is 12.1 Å². The fraction of sp³-hybridized carbons (Fsp3) is 0.444. The van der Waals surface area contributed by atoms with Gasteiger partial charge in [0.1, 0.15) is 0 Å². The number of nitrogens with zero attached hydrogens (tertiary/aromatic N) is 1. The minimum absolute atomic E-state index is 0.0639. The molecule has 1 aromatic carbocycles. The Morgan fingerprint density at radius 3 is 2.60 bits per heavy atom. The van der Waals surface area contributed by atoms with Crippen LogP contribution in [-0.4, -0.2) is 16.8 Å². The highest BCUT2D eigenvalue weighted by atomic mass is 35.5. The Hall–Kier alpha value is -0.810. The van der Waals surface area contributed by atoms with E-state index in [0.717, 1.165) is 16.1 Å². The molecule has 0 aliphatic rings. The molecule has 0 fully saturated rings. The van der Waals surface area contributed by atoms with Crippen molar-refractivity contribution in [1.82, 2.24) is 4.98 Å². The molecule has 0 aliphatic heterocycles. The number of carbonyl (C=O) groups is 1. The third kappa shape index (κ3) is 5.85. The molecular formula is C18H21Cl3N2OS. The molecule has 0 saturated carbocycles. The monoisotopic (exact) mass is 418 g/mol. The van der Waals surface area contributed by atoms with E-state index < -0.39 is 0 Å². The fourth-order valence-corrected chi connectivity index (χ4v) is 4.18. The van der Waals surface area contributed by atoms with Crippen LogP contribution in [0, 0.1) is 0 Å². The lowest BCUT2D eigenvalue weighted by atomic mass is 9.90. The van der Waals surface area contributed by atoms with Crippen LogP contribution in [-0.2, 0) is 16.6 Å². The lowest BCUT2D eigenvalue weighted by molar-refractivity contribution is -0.116. The van der Waals surface area contributed by atoms with Crippen molar-refractivity contribution < 1.29 is 4.79 Å². The number of benzene rings is 1. The number of anilines is 1. The van der Waals surface area contributed by atoms with Crippen molar-refractivity contribution in [3.05, 3.63) is 44.4 Å². The topological polar surface area (TPSA) is 42.0 Å². The first kappa shape index (κ1) is 20.5. The molecule has 2 rings (SSSR count). The van der Waals surface area contributed by atoms with Crippen molar-refractivity contribution in [3.8, 4) is 0 Å². The molecule has 0 radical (unpaired) electrons. The van der Waals surface area contributed by atoms with Crippen LogP contribution >= 0.6 is 46.1 Å². The van der Waals surface area contributed by atoms with Gasteiger partial charge in [-0.05, 0) is 24.1 Å². The van der Waals surface area contributed by atoms with Crippen LogP contribution < -0.4 is 5.32 Å². The van der Waals surface area contributed by atoms with E-state index in [9.17, 15) is 4.79 Å². The highest BCUT2D eigenvalue weighted by Gasteiger charge is 2.24. The van der Waals surface area contributed by atoms with Crippen molar-refractivity contribution in [2.45, 2.75) is 45.4 Å². The highest BCUT2D eigenvalue weighted by molar-refractivity contribution is 7.15. The van der Waals surface area contributed by atoms with Gasteiger partial charge in [0.2, 0.25) is 5.91 Å². The predicted molar refractivity (Wildman–Crippen MR) is 109 cm³/mol. The van der Waals surface area contributed by atoms with Gasteiger partial charge in [0, 0.05) is 39.1 Å². The van der Waals surface area contributed by atoms with Gasteiger partial charge in [0.05, 0.1) is 5.69 Å². The quantitative estimate of drug-likeness (QED) is 0.558. The van der Waals surface area contributed by atoms with Gasteiger partial charge in [-0.1, -0.05) is 50.0 Å². The zero-order chi connectivity index (χ0) is 18.6. The molecule has 0 bridgehead atoms. The number of amides is 1. The Labute approximate surface area is 167 Å². The molecule has 1 heterocycles. The SMILES string of the molecule is CC(C)(C)c1nc(NC(=O)CCCCl)sc1Cc1ccc(Cl)cc1Cl. The van der Waals surface area contributed by atoms with E-state index >= 15 is 0 Å². The van der Waals surface area contributed by atoms with Crippen molar-refractivity contribution in [3.63, 3.8) is 0 Å². The second-order valence-corrected chi connectivity index (χ2v) is 9.10. The molecule has 7 heteroatoms. The van der Waals surface area contributed by atoms with E-state index in [1.54, 1.807) is 6.07 Å². The largest absolute Gasteiger partial charge is 0.302 e. The Balaban J connectivity index is 2.28. The smallest absolute Gasteiger partial charge is 0.226 e. The Morgan fingerprint density at radius 1 is 1.28 bits per heavy atom. The maximum Gasteiger partial charge on any atom is 0.226 e. The first-order valence-corrected chi connectivity index (χ1v) is 10.1. The summed E-state index contributed by atoms with van der Waals surface area (Å²) < 4.78 is 0. The van der Waals surface area contributed by atoms with E-state index in [0.29, 0.717) is 40.3 Å². The van der Waals surface area contributed by atoms with Crippen LogP contribution in [0.1, 0.15) is 49.7 Å². The predicted octanol–water partition coefficient (Wildman–Crippen LogP) is 6.30. The van der Waals surface area contributed by atoms with Gasteiger partial charge in [0.25, 0.3) is 0 Å². The average molecular weight is 420 g/mol. The van der Waals surface area contributed by atoms with Gasteiger partial charge in [-0.15, -0.1) is 22.9 Å². The Bertz CT molecular complexity index is 753. The van der Waals surface area contributed by atoms with Gasteiger partial charge in [-0.3, -0.25) is 4.79 Å². The average Bonchev–Trinajstić information content (AvgIpc) is 2.90. The van der Waals surface area contributed by atoms with Crippen LogP contribution in [0.2, 0.25) is 10.0 Å². The van der Waals surface area contributed by atoms with Crippen molar-refractivity contribution in [1.29, 1.82) is 0 Å². The van der Waals surface area contributed by atoms with E-state index in [1.165, 1.54) is 11.3 Å². The highest BCUT2D eigenvalue weighted by Crippen LogP contribution is 2.35. The minimum Gasteiger partial charge on any atom is -0.302 e. The van der Waals surface area contributed by atoms with E-state index in [2.05, 4.69) is 31.1 Å². The molecule has 25 heavy (non-hydrogen) atoms. The van der Waals surface area contributed by atoms with Crippen molar-refractivity contribution in [2.75, 3.05) is 11.2 Å². The molecule has 1 aromatic heterocycles. The summed E-state index contributed by atoms with van der Waals surface area (Å²) in [5.41, 5.74) is 1.82. The van der Waals surface area contributed by atoms with Crippen LogP contribution in [0.3, 0.4) is 0 Å². The number of rotatable bonds is 6. The molecule has 2 aromatic rings. The molecule has 0 spiro atoms. The van der Waals surface area contributed by atoms with Crippen LogP contribution in [0.4, 0.5) is 5.13 Å². The van der Waals surface area contributed by atoms with Gasteiger partial charge in [-0.25, -0.2) is 4.98 Å². The zero-order valence-electron chi connectivity index (χ0n) is 14.5. The number of carbonyl (C=O) groups excluding carboxylic acids is 1. The summed E-state index contributed by atoms with van der Waals surface area (Å²) in [6.45, 7) is 6.32. The van der Waals surface area contributed by atoms with E-state index in [-0.39, 0.29) is 11.3 Å². The summed E-state index contributed by atoms with van der Waals surface area (Å²) >= 11 is 19.4. The number of thiazole rings is 1. The van der Waals surface area contributed by atoms with Gasteiger partial charge in [0.15, 0.2) is 5.13 Å². The third-order valence-electron chi connectivity index (χ3n) is 3.56. The number of hydrogen-bond donors (Lipinski definition) is 1. The molecule has 136 valence electrons. The lowest BCUT2D eigenvalue weighted by Crippen LogP contribution is -2.15. The molecule has 1 amide bonds. The summed E-state index contributed by atoms with van der Waals surface area (Å²) in [6.07, 6.45) is 1.70.